The summed E-state index contributed by atoms with van der Waals surface area (Å²) in [5.74, 6) is 0.241. The molecule has 0 radical (unpaired) electrons. The largest absolute Gasteiger partial charge is 0.493 e. The smallest absolute Gasteiger partial charge is 0.344 e. The van der Waals surface area contributed by atoms with Gasteiger partial charge in [0, 0.05) is 0 Å². The van der Waals surface area contributed by atoms with Crippen LogP contribution in [0.2, 0.25) is 0 Å². The molecule has 10 nitrogen and oxygen atoms in total. The minimum Gasteiger partial charge on any atom is -0.493 e. The molecule has 0 spiro atoms. The lowest BCUT2D eigenvalue weighted by Crippen LogP contribution is -2.14. The third-order valence-electron chi connectivity index (χ3n) is 3.94. The molecule has 1 aromatic heterocycles. The lowest BCUT2D eigenvalue weighted by atomic mass is 10.1. The monoisotopic (exact) mass is 411 g/mol. The summed E-state index contributed by atoms with van der Waals surface area (Å²) in [6, 6.07) is 8.80. The Morgan fingerprint density at radius 2 is 2.13 bits per heavy atom. The van der Waals surface area contributed by atoms with Gasteiger partial charge in [-0.1, -0.05) is 6.07 Å². The van der Waals surface area contributed by atoms with Gasteiger partial charge in [-0.25, -0.2) is 9.48 Å². The average Bonchev–Trinajstić information content (AvgIpc) is 3.06. The second kappa shape index (κ2) is 10.5. The summed E-state index contributed by atoms with van der Waals surface area (Å²) in [6.07, 6.45) is 1.52. The highest BCUT2D eigenvalue weighted by Crippen LogP contribution is 2.30. The van der Waals surface area contributed by atoms with Gasteiger partial charge in [0.05, 0.1) is 32.4 Å². The molecule has 10 heteroatoms. The summed E-state index contributed by atoms with van der Waals surface area (Å²) in [6.45, 7) is 1.57. The maximum atomic E-state index is 11.5. The number of aromatic nitrogens is 2. The van der Waals surface area contributed by atoms with Crippen molar-refractivity contribution in [2.45, 2.75) is 13.5 Å². The van der Waals surface area contributed by atoms with E-state index in [4.69, 9.17) is 25.1 Å². The Balaban J connectivity index is 2.37. The molecular formula is C20H21N5O5. The van der Waals surface area contributed by atoms with Crippen molar-refractivity contribution in [3.8, 4) is 23.6 Å². The molecule has 2 rings (SSSR count). The van der Waals surface area contributed by atoms with E-state index in [1.807, 2.05) is 12.1 Å². The molecule has 1 aromatic carbocycles. The Morgan fingerprint density at radius 1 is 1.37 bits per heavy atom. The number of hydrogen-bond donors (Lipinski definition) is 2. The Bertz CT molecular complexity index is 1030. The van der Waals surface area contributed by atoms with Gasteiger partial charge in [0.15, 0.2) is 18.1 Å². The molecule has 1 heterocycles. The minimum atomic E-state index is -0.504. The number of hydrogen-bond acceptors (Lipinski definition) is 9. The first-order valence-electron chi connectivity index (χ1n) is 8.94. The van der Waals surface area contributed by atoms with Gasteiger partial charge in [0.1, 0.15) is 29.2 Å². The SMILES string of the molecule is CCOC(=O)COc1ccc(/C=C(\C#N)c2nn(CCO)c(N)c2C#N)cc1OC. The highest BCUT2D eigenvalue weighted by Gasteiger charge is 2.19. The van der Waals surface area contributed by atoms with Crippen molar-refractivity contribution in [3.05, 3.63) is 35.0 Å². The molecule has 2 aromatic rings. The molecular weight excluding hydrogens is 390 g/mol. The molecule has 0 bridgehead atoms. The predicted molar refractivity (Wildman–Crippen MR) is 107 cm³/mol. The van der Waals surface area contributed by atoms with E-state index < -0.39 is 5.97 Å². The summed E-state index contributed by atoms with van der Waals surface area (Å²) in [7, 11) is 1.44. The number of nitrogens with zero attached hydrogens (tertiary/aromatic N) is 4. The average molecular weight is 411 g/mol. The third-order valence-corrected chi connectivity index (χ3v) is 3.94. The van der Waals surface area contributed by atoms with Crippen molar-refractivity contribution in [2.75, 3.05) is 32.7 Å². The number of esters is 1. The fourth-order valence-electron chi connectivity index (χ4n) is 2.59. The van der Waals surface area contributed by atoms with Crippen LogP contribution in [0.25, 0.3) is 11.6 Å². The van der Waals surface area contributed by atoms with Gasteiger partial charge in [0.25, 0.3) is 0 Å². The van der Waals surface area contributed by atoms with Crippen LogP contribution in [0.1, 0.15) is 23.7 Å². The molecule has 0 amide bonds. The normalized spacial score (nSPS) is 10.8. The first kappa shape index (κ1) is 22.3. The number of nitrogen functional groups attached to an aromatic ring is 1. The van der Waals surface area contributed by atoms with Crippen LogP contribution in [0.3, 0.4) is 0 Å². The molecule has 0 aliphatic carbocycles. The number of aliphatic hydroxyl groups is 1. The van der Waals surface area contributed by atoms with Crippen LogP contribution >= 0.6 is 0 Å². The molecule has 0 saturated heterocycles. The van der Waals surface area contributed by atoms with Crippen LogP contribution in [0.4, 0.5) is 5.82 Å². The van der Waals surface area contributed by atoms with Crippen LogP contribution in [-0.4, -0.2) is 47.8 Å². The van der Waals surface area contributed by atoms with Gasteiger partial charge in [0.2, 0.25) is 0 Å². The molecule has 0 saturated carbocycles. The Kier molecular flexibility index (Phi) is 7.80. The number of aliphatic hydroxyl groups excluding tert-OH is 1. The van der Waals surface area contributed by atoms with Crippen LogP contribution < -0.4 is 15.2 Å². The van der Waals surface area contributed by atoms with Crippen molar-refractivity contribution in [1.82, 2.24) is 9.78 Å². The Morgan fingerprint density at radius 3 is 2.73 bits per heavy atom. The molecule has 0 fully saturated rings. The lowest BCUT2D eigenvalue weighted by Gasteiger charge is -2.11. The second-order valence-electron chi connectivity index (χ2n) is 5.84. The van der Waals surface area contributed by atoms with E-state index in [1.165, 1.54) is 17.9 Å². The number of allylic oxidation sites excluding steroid dienone is 1. The zero-order valence-corrected chi connectivity index (χ0v) is 16.6. The van der Waals surface area contributed by atoms with Crippen molar-refractivity contribution >= 4 is 23.4 Å². The van der Waals surface area contributed by atoms with E-state index in [9.17, 15) is 15.3 Å². The predicted octanol–water partition coefficient (Wildman–Crippen LogP) is 1.34. The molecule has 0 aliphatic rings. The van der Waals surface area contributed by atoms with E-state index in [1.54, 1.807) is 25.1 Å². The number of carbonyl (C=O) groups is 1. The van der Waals surface area contributed by atoms with Crippen LogP contribution in [-0.2, 0) is 16.1 Å². The number of nitriles is 2. The van der Waals surface area contributed by atoms with Crippen LogP contribution in [0.5, 0.6) is 11.5 Å². The van der Waals surface area contributed by atoms with E-state index >= 15 is 0 Å². The standard InChI is InChI=1S/C20H21N5O5/c1-3-29-18(27)12-30-16-5-4-13(9-17(16)28-2)8-14(10-21)19-15(11-22)20(23)25(24-19)6-7-26/h4-5,8-9,26H,3,6-7,12,23H2,1-2H3/b14-8+. The number of benzene rings is 1. The molecule has 3 N–H and O–H groups in total. The van der Waals surface area contributed by atoms with Gasteiger partial charge >= 0.3 is 5.97 Å². The highest BCUT2D eigenvalue weighted by atomic mass is 16.6. The maximum absolute atomic E-state index is 11.5. The van der Waals surface area contributed by atoms with E-state index in [0.29, 0.717) is 17.1 Å². The Hall–Kier alpha value is -4.02. The summed E-state index contributed by atoms with van der Waals surface area (Å²) in [5.41, 5.74) is 6.74. The van der Waals surface area contributed by atoms with Crippen LogP contribution in [0.15, 0.2) is 18.2 Å². The molecule has 0 aliphatic heterocycles. The summed E-state index contributed by atoms with van der Waals surface area (Å²) < 4.78 is 16.8. The number of ether oxygens (including phenoxy) is 3. The van der Waals surface area contributed by atoms with Crippen molar-refractivity contribution < 1.29 is 24.1 Å². The van der Waals surface area contributed by atoms with Crippen LogP contribution in [0, 0.1) is 22.7 Å². The lowest BCUT2D eigenvalue weighted by molar-refractivity contribution is -0.145. The van der Waals surface area contributed by atoms with Gasteiger partial charge < -0.3 is 25.1 Å². The number of anilines is 1. The highest BCUT2D eigenvalue weighted by molar-refractivity contribution is 5.91. The fourth-order valence-corrected chi connectivity index (χ4v) is 2.59. The zero-order valence-electron chi connectivity index (χ0n) is 16.6. The quantitative estimate of drug-likeness (QED) is 0.459. The van der Waals surface area contributed by atoms with Crippen molar-refractivity contribution in [1.29, 1.82) is 10.5 Å². The van der Waals surface area contributed by atoms with Gasteiger partial charge in [-0.2, -0.15) is 15.6 Å². The first-order chi connectivity index (χ1) is 14.5. The summed E-state index contributed by atoms with van der Waals surface area (Å²) in [5, 5.41) is 32.3. The third kappa shape index (κ3) is 5.07. The fraction of sp³-hybridized carbons (Fsp3) is 0.300. The van der Waals surface area contributed by atoms with E-state index in [0.717, 1.165) is 0 Å². The molecule has 30 heavy (non-hydrogen) atoms. The number of carbonyl (C=O) groups excluding carboxylic acids is 1. The number of rotatable bonds is 9. The number of nitrogens with two attached hydrogens (primary N) is 1. The summed E-state index contributed by atoms with van der Waals surface area (Å²) >= 11 is 0. The maximum Gasteiger partial charge on any atom is 0.344 e. The summed E-state index contributed by atoms with van der Waals surface area (Å²) in [4.78, 5) is 11.5. The molecule has 156 valence electrons. The molecule has 0 atom stereocenters. The second-order valence-corrected chi connectivity index (χ2v) is 5.84. The molecule has 0 unspecified atom stereocenters. The van der Waals surface area contributed by atoms with E-state index in [-0.39, 0.29) is 49.0 Å². The van der Waals surface area contributed by atoms with Crippen molar-refractivity contribution in [3.63, 3.8) is 0 Å². The first-order valence-corrected chi connectivity index (χ1v) is 8.94. The topological polar surface area (TPSA) is 156 Å². The van der Waals surface area contributed by atoms with E-state index in [2.05, 4.69) is 5.10 Å². The van der Waals surface area contributed by atoms with Gasteiger partial charge in [-0.15, -0.1) is 0 Å². The zero-order chi connectivity index (χ0) is 22.1. The van der Waals surface area contributed by atoms with Crippen molar-refractivity contribution in [2.24, 2.45) is 0 Å². The minimum absolute atomic E-state index is 0.0533. The van der Waals surface area contributed by atoms with Gasteiger partial charge in [-0.3, -0.25) is 0 Å². The van der Waals surface area contributed by atoms with Gasteiger partial charge in [-0.05, 0) is 30.7 Å². The Labute approximate surface area is 173 Å². The number of methoxy groups -OCH3 is 1.